The number of ether oxygens (including phenoxy) is 1. The molecule has 6 nitrogen and oxygen atoms in total. The summed E-state index contributed by atoms with van der Waals surface area (Å²) in [4.78, 5) is 21.6. The van der Waals surface area contributed by atoms with Crippen LogP contribution in [0.15, 0.2) is 16.6 Å². The van der Waals surface area contributed by atoms with Crippen molar-refractivity contribution in [3.8, 4) is 5.75 Å². The van der Waals surface area contributed by atoms with Crippen molar-refractivity contribution in [2.45, 2.75) is 6.92 Å². The molecular weight excluding hydrogens is 294 g/mol. The third-order valence-corrected chi connectivity index (χ3v) is 2.41. The third kappa shape index (κ3) is 3.24. The average molecular weight is 304 g/mol. The Bertz CT molecular complexity index is 425. The molecule has 0 heterocycles. The van der Waals surface area contributed by atoms with Gasteiger partial charge in [-0.05, 0) is 13.0 Å². The van der Waals surface area contributed by atoms with E-state index in [1.54, 1.807) is 0 Å². The van der Waals surface area contributed by atoms with Crippen molar-refractivity contribution in [2.75, 3.05) is 13.2 Å². The standard InChI is InChI=1S/C10H10BrNO5/c1-6(14)8-4-7(11)5-9(12(15)16)10(8)17-3-2-13/h4-5,13H,2-3H2,1H3. The van der Waals surface area contributed by atoms with Gasteiger partial charge >= 0.3 is 5.69 Å². The lowest BCUT2D eigenvalue weighted by atomic mass is 10.1. The van der Waals surface area contributed by atoms with E-state index < -0.39 is 4.92 Å². The Hall–Kier alpha value is -1.47. The van der Waals surface area contributed by atoms with Crippen LogP contribution in [-0.4, -0.2) is 29.0 Å². The molecule has 1 aromatic carbocycles. The summed E-state index contributed by atoms with van der Waals surface area (Å²) in [6.45, 7) is 0.893. The molecule has 0 atom stereocenters. The zero-order valence-electron chi connectivity index (χ0n) is 8.97. The van der Waals surface area contributed by atoms with Gasteiger partial charge in [0.05, 0.1) is 17.1 Å². The second kappa shape index (κ2) is 5.74. The SMILES string of the molecule is CC(=O)c1cc(Br)cc([N+](=O)[O-])c1OCCO. The lowest BCUT2D eigenvalue weighted by Gasteiger charge is -2.09. The van der Waals surface area contributed by atoms with Crippen LogP contribution in [0.1, 0.15) is 17.3 Å². The number of hydrogen-bond donors (Lipinski definition) is 1. The Morgan fingerprint density at radius 3 is 2.71 bits per heavy atom. The van der Waals surface area contributed by atoms with Gasteiger partial charge in [-0.25, -0.2) is 0 Å². The fourth-order valence-electron chi connectivity index (χ4n) is 1.28. The van der Waals surface area contributed by atoms with Crippen LogP contribution in [0.4, 0.5) is 5.69 Å². The summed E-state index contributed by atoms with van der Waals surface area (Å²) in [5.74, 6) is -0.456. The molecule has 0 fully saturated rings. The van der Waals surface area contributed by atoms with Gasteiger partial charge in [-0.1, -0.05) is 15.9 Å². The molecule has 0 amide bonds. The second-order valence-electron chi connectivity index (χ2n) is 3.19. The fourth-order valence-corrected chi connectivity index (χ4v) is 1.72. The molecule has 0 aliphatic carbocycles. The van der Waals surface area contributed by atoms with E-state index in [1.165, 1.54) is 19.1 Å². The summed E-state index contributed by atoms with van der Waals surface area (Å²) in [5.41, 5.74) is -0.197. The van der Waals surface area contributed by atoms with Crippen LogP contribution >= 0.6 is 15.9 Å². The zero-order valence-corrected chi connectivity index (χ0v) is 10.6. The van der Waals surface area contributed by atoms with Gasteiger partial charge in [-0.2, -0.15) is 0 Å². The Kier molecular flexibility index (Phi) is 4.59. The number of aliphatic hydroxyl groups excluding tert-OH is 1. The van der Waals surface area contributed by atoms with Gasteiger partial charge in [0.1, 0.15) is 6.61 Å². The number of carbonyl (C=O) groups is 1. The number of hydrogen-bond acceptors (Lipinski definition) is 5. The van der Waals surface area contributed by atoms with Crippen molar-refractivity contribution in [3.05, 3.63) is 32.3 Å². The van der Waals surface area contributed by atoms with E-state index in [2.05, 4.69) is 15.9 Å². The second-order valence-corrected chi connectivity index (χ2v) is 4.10. The van der Waals surface area contributed by atoms with Crippen LogP contribution in [0.2, 0.25) is 0 Å². The quantitative estimate of drug-likeness (QED) is 0.510. The van der Waals surface area contributed by atoms with Crippen molar-refractivity contribution >= 4 is 27.4 Å². The highest BCUT2D eigenvalue weighted by Gasteiger charge is 2.22. The van der Waals surface area contributed by atoms with E-state index in [1.807, 2.05) is 0 Å². The molecule has 17 heavy (non-hydrogen) atoms. The number of Topliss-reactive ketones (excluding diaryl/α,β-unsaturated/α-hetero) is 1. The van der Waals surface area contributed by atoms with E-state index in [9.17, 15) is 14.9 Å². The Morgan fingerprint density at radius 1 is 1.59 bits per heavy atom. The summed E-state index contributed by atoms with van der Waals surface area (Å²) in [6.07, 6.45) is 0. The average Bonchev–Trinajstić information content (AvgIpc) is 2.26. The van der Waals surface area contributed by atoms with Crippen LogP contribution in [0.5, 0.6) is 5.75 Å². The number of ketones is 1. The number of nitrogens with zero attached hydrogens (tertiary/aromatic N) is 1. The molecule has 0 aliphatic rings. The minimum absolute atomic E-state index is 0.108. The predicted molar refractivity (Wildman–Crippen MR) is 63.4 cm³/mol. The third-order valence-electron chi connectivity index (χ3n) is 1.95. The van der Waals surface area contributed by atoms with Crippen molar-refractivity contribution < 1.29 is 19.6 Å². The monoisotopic (exact) mass is 303 g/mol. The van der Waals surface area contributed by atoms with Crippen LogP contribution in [0, 0.1) is 10.1 Å². The van der Waals surface area contributed by atoms with E-state index in [4.69, 9.17) is 9.84 Å². The lowest BCUT2D eigenvalue weighted by Crippen LogP contribution is -2.08. The number of rotatable bonds is 5. The largest absolute Gasteiger partial charge is 0.484 e. The first kappa shape index (κ1) is 13.6. The molecule has 0 aromatic heterocycles. The van der Waals surface area contributed by atoms with Crippen molar-refractivity contribution in [3.63, 3.8) is 0 Å². The molecule has 92 valence electrons. The highest BCUT2D eigenvalue weighted by Crippen LogP contribution is 2.34. The van der Waals surface area contributed by atoms with Gasteiger partial charge in [-0.3, -0.25) is 14.9 Å². The first-order valence-electron chi connectivity index (χ1n) is 4.70. The van der Waals surface area contributed by atoms with Gasteiger partial charge in [-0.15, -0.1) is 0 Å². The molecule has 0 saturated carbocycles. The van der Waals surface area contributed by atoms with Crippen molar-refractivity contribution in [2.24, 2.45) is 0 Å². The van der Waals surface area contributed by atoms with E-state index >= 15 is 0 Å². The highest BCUT2D eigenvalue weighted by molar-refractivity contribution is 9.10. The van der Waals surface area contributed by atoms with Crippen LogP contribution in [0.3, 0.4) is 0 Å². The summed E-state index contributed by atoms with van der Waals surface area (Å²) in [5, 5.41) is 19.5. The summed E-state index contributed by atoms with van der Waals surface area (Å²) < 4.78 is 5.48. The number of halogens is 1. The van der Waals surface area contributed by atoms with Gasteiger partial charge in [0.15, 0.2) is 5.78 Å². The van der Waals surface area contributed by atoms with E-state index in [0.29, 0.717) is 4.47 Å². The normalized spacial score (nSPS) is 10.1. The Balaban J connectivity index is 3.36. The Labute approximate surface area is 105 Å². The molecule has 0 spiro atoms. The van der Waals surface area contributed by atoms with Gasteiger partial charge < -0.3 is 9.84 Å². The smallest absolute Gasteiger partial charge is 0.312 e. The molecule has 7 heteroatoms. The maximum Gasteiger partial charge on any atom is 0.312 e. The first-order valence-corrected chi connectivity index (χ1v) is 5.49. The number of carbonyl (C=O) groups excluding carboxylic acids is 1. The molecular formula is C10H10BrNO5. The summed E-state index contributed by atoms with van der Waals surface area (Å²) in [6, 6.07) is 2.70. The molecule has 1 aromatic rings. The maximum atomic E-state index is 11.4. The fraction of sp³-hybridized carbons (Fsp3) is 0.300. The zero-order chi connectivity index (χ0) is 13.0. The number of benzene rings is 1. The van der Waals surface area contributed by atoms with Gasteiger partial charge in [0, 0.05) is 10.5 Å². The minimum atomic E-state index is -0.635. The molecule has 0 bridgehead atoms. The topological polar surface area (TPSA) is 89.7 Å². The van der Waals surface area contributed by atoms with Crippen LogP contribution in [-0.2, 0) is 0 Å². The highest BCUT2D eigenvalue weighted by atomic mass is 79.9. The number of nitro benzene ring substituents is 1. The van der Waals surface area contributed by atoms with E-state index in [-0.39, 0.29) is 36.0 Å². The summed E-state index contributed by atoms with van der Waals surface area (Å²) in [7, 11) is 0. The van der Waals surface area contributed by atoms with Gasteiger partial charge in [0.2, 0.25) is 5.75 Å². The Morgan fingerprint density at radius 2 is 2.24 bits per heavy atom. The molecule has 1 rings (SSSR count). The van der Waals surface area contributed by atoms with Crippen molar-refractivity contribution in [1.29, 1.82) is 0 Å². The molecule has 0 unspecified atom stereocenters. The maximum absolute atomic E-state index is 11.4. The van der Waals surface area contributed by atoms with E-state index in [0.717, 1.165) is 0 Å². The summed E-state index contributed by atoms with van der Waals surface area (Å²) >= 11 is 3.09. The molecule has 0 saturated heterocycles. The van der Waals surface area contributed by atoms with Crippen LogP contribution < -0.4 is 4.74 Å². The molecule has 0 aliphatic heterocycles. The minimum Gasteiger partial charge on any atom is -0.484 e. The number of aliphatic hydroxyl groups is 1. The van der Waals surface area contributed by atoms with Crippen molar-refractivity contribution in [1.82, 2.24) is 0 Å². The molecule has 1 N–H and O–H groups in total. The number of nitro groups is 1. The van der Waals surface area contributed by atoms with Gasteiger partial charge in [0.25, 0.3) is 0 Å². The first-order chi connectivity index (χ1) is 7.97. The predicted octanol–water partition coefficient (Wildman–Crippen LogP) is 1.93. The van der Waals surface area contributed by atoms with Crippen LogP contribution in [0.25, 0.3) is 0 Å². The molecule has 0 radical (unpaired) electrons. The lowest BCUT2D eigenvalue weighted by molar-refractivity contribution is -0.386.